The molecule has 0 aliphatic heterocycles. The number of hydrogen-bond donors (Lipinski definition) is 1. The number of halogens is 4. The summed E-state index contributed by atoms with van der Waals surface area (Å²) < 4.78 is 0. The Morgan fingerprint density at radius 3 is 1.71 bits per heavy atom. The van der Waals surface area contributed by atoms with E-state index in [4.69, 9.17) is 52.1 Å². The van der Waals surface area contributed by atoms with Gasteiger partial charge in [-0.1, -0.05) is 67.2 Å². The zero-order chi connectivity index (χ0) is 13.4. The van der Waals surface area contributed by atoms with Crippen LogP contribution in [-0.4, -0.2) is 0 Å². The molecule has 1 aromatic carbocycles. The smallest absolute Gasteiger partial charge is 0.0785 e. The average molecular weight is 315 g/mol. The molecule has 0 aromatic heterocycles. The van der Waals surface area contributed by atoms with E-state index in [0.29, 0.717) is 32.1 Å². The van der Waals surface area contributed by atoms with E-state index < -0.39 is 0 Å². The van der Waals surface area contributed by atoms with Crippen molar-refractivity contribution in [1.29, 1.82) is 0 Å². The summed E-state index contributed by atoms with van der Waals surface area (Å²) in [5, 5.41) is 1.63. The van der Waals surface area contributed by atoms with E-state index in [1.165, 1.54) is 0 Å². The van der Waals surface area contributed by atoms with Gasteiger partial charge in [-0.05, 0) is 17.4 Å². The van der Waals surface area contributed by atoms with E-state index in [1.54, 1.807) is 0 Å². The molecular formula is C12H15Cl4N. The first kappa shape index (κ1) is 15.4. The summed E-state index contributed by atoms with van der Waals surface area (Å²) in [6.07, 6.45) is 0.717. The molecular weight excluding hydrogens is 300 g/mol. The molecule has 17 heavy (non-hydrogen) atoms. The lowest BCUT2D eigenvalue weighted by Gasteiger charge is -2.22. The van der Waals surface area contributed by atoms with Crippen LogP contribution < -0.4 is 5.73 Å². The molecule has 0 bridgehead atoms. The molecule has 0 spiro atoms. The highest BCUT2D eigenvalue weighted by Crippen LogP contribution is 2.43. The monoisotopic (exact) mass is 313 g/mol. The Bertz CT molecular complexity index is 435. The van der Waals surface area contributed by atoms with Crippen LogP contribution in [0.4, 0.5) is 0 Å². The van der Waals surface area contributed by atoms with Gasteiger partial charge in [0.2, 0.25) is 0 Å². The fourth-order valence-electron chi connectivity index (χ4n) is 1.60. The number of benzene rings is 1. The van der Waals surface area contributed by atoms with Gasteiger partial charge in [-0.15, -0.1) is 0 Å². The summed E-state index contributed by atoms with van der Waals surface area (Å²) in [7, 11) is 0. The maximum atomic E-state index is 6.29. The molecule has 0 atom stereocenters. The van der Waals surface area contributed by atoms with Gasteiger partial charge in [0.25, 0.3) is 0 Å². The van der Waals surface area contributed by atoms with Crippen molar-refractivity contribution in [3.63, 3.8) is 0 Å². The normalized spacial score (nSPS) is 12.0. The summed E-state index contributed by atoms with van der Waals surface area (Å²) in [4.78, 5) is 0. The molecule has 1 aromatic rings. The van der Waals surface area contributed by atoms with Crippen LogP contribution in [0.25, 0.3) is 0 Å². The van der Waals surface area contributed by atoms with Crippen molar-refractivity contribution in [2.75, 3.05) is 0 Å². The minimum Gasteiger partial charge on any atom is -0.326 e. The van der Waals surface area contributed by atoms with Crippen LogP contribution in [-0.2, 0) is 13.0 Å². The second kappa shape index (κ2) is 5.54. The van der Waals surface area contributed by atoms with Gasteiger partial charge >= 0.3 is 0 Å². The quantitative estimate of drug-likeness (QED) is 0.578. The predicted octanol–water partition coefficient (Wildman–Crippen LogP) is 5.35. The Morgan fingerprint density at radius 2 is 1.29 bits per heavy atom. The first-order valence-electron chi connectivity index (χ1n) is 5.22. The summed E-state index contributed by atoms with van der Waals surface area (Å²) in [5.41, 5.74) is 7.15. The lowest BCUT2D eigenvalue weighted by atomic mass is 9.87. The second-order valence-corrected chi connectivity index (χ2v) is 6.67. The van der Waals surface area contributed by atoms with Crippen LogP contribution in [0.1, 0.15) is 31.9 Å². The van der Waals surface area contributed by atoms with Crippen molar-refractivity contribution in [3.8, 4) is 0 Å². The summed E-state index contributed by atoms with van der Waals surface area (Å²) in [6, 6.07) is 0. The van der Waals surface area contributed by atoms with Crippen LogP contribution in [0.2, 0.25) is 20.1 Å². The first-order chi connectivity index (χ1) is 7.69. The number of rotatable bonds is 2. The fourth-order valence-corrected chi connectivity index (χ4v) is 2.83. The Labute approximate surface area is 122 Å². The molecule has 96 valence electrons. The maximum Gasteiger partial charge on any atom is 0.0785 e. The number of nitrogens with two attached hydrogens (primary N) is 1. The zero-order valence-electron chi connectivity index (χ0n) is 10.0. The second-order valence-electron chi connectivity index (χ2n) is 5.15. The molecule has 1 rings (SSSR count). The van der Waals surface area contributed by atoms with Gasteiger partial charge in [-0.25, -0.2) is 0 Å². The van der Waals surface area contributed by atoms with E-state index in [9.17, 15) is 0 Å². The van der Waals surface area contributed by atoms with Crippen LogP contribution in [0.3, 0.4) is 0 Å². The Hall–Kier alpha value is 0.340. The van der Waals surface area contributed by atoms with Crippen LogP contribution >= 0.6 is 46.4 Å². The highest BCUT2D eigenvalue weighted by atomic mass is 35.5. The van der Waals surface area contributed by atoms with Crippen molar-refractivity contribution >= 4 is 46.4 Å². The molecule has 0 heterocycles. The molecule has 0 aliphatic rings. The largest absolute Gasteiger partial charge is 0.326 e. The molecule has 0 saturated carbocycles. The third kappa shape index (κ3) is 3.42. The van der Waals surface area contributed by atoms with Crippen LogP contribution in [0.15, 0.2) is 0 Å². The molecule has 0 unspecified atom stereocenters. The van der Waals surface area contributed by atoms with Gasteiger partial charge in [-0.3, -0.25) is 0 Å². The summed E-state index contributed by atoms with van der Waals surface area (Å²) >= 11 is 24.6. The predicted molar refractivity (Wildman–Crippen MR) is 77.5 cm³/mol. The van der Waals surface area contributed by atoms with Crippen molar-refractivity contribution in [2.45, 2.75) is 33.7 Å². The van der Waals surface area contributed by atoms with Gasteiger partial charge in [0.05, 0.1) is 20.1 Å². The van der Waals surface area contributed by atoms with Crippen molar-refractivity contribution < 1.29 is 0 Å². The number of hydrogen-bond acceptors (Lipinski definition) is 1. The van der Waals surface area contributed by atoms with Gasteiger partial charge in [0.15, 0.2) is 0 Å². The Morgan fingerprint density at radius 1 is 0.824 bits per heavy atom. The Kier molecular flexibility index (Phi) is 5.02. The zero-order valence-corrected chi connectivity index (χ0v) is 13.0. The van der Waals surface area contributed by atoms with E-state index in [-0.39, 0.29) is 12.0 Å². The molecule has 0 radical (unpaired) electrons. The maximum absolute atomic E-state index is 6.29. The highest BCUT2D eigenvalue weighted by Gasteiger charge is 2.23. The third-order valence-corrected chi connectivity index (χ3v) is 4.22. The summed E-state index contributed by atoms with van der Waals surface area (Å²) in [5.74, 6) is 0. The lowest BCUT2D eigenvalue weighted by molar-refractivity contribution is 0.411. The van der Waals surface area contributed by atoms with Crippen LogP contribution in [0.5, 0.6) is 0 Å². The summed E-state index contributed by atoms with van der Waals surface area (Å²) in [6.45, 7) is 6.55. The standard InChI is InChI=1S/C12H15Cl4N/c1-12(2,3)4-6-8(13)7(5-17)10(15)11(16)9(6)14/h4-5,17H2,1-3H3. The van der Waals surface area contributed by atoms with Crippen LogP contribution in [0, 0.1) is 5.41 Å². The SMILES string of the molecule is CC(C)(C)Cc1c(Cl)c(Cl)c(Cl)c(CN)c1Cl. The van der Waals surface area contributed by atoms with Crippen molar-refractivity contribution in [1.82, 2.24) is 0 Å². The lowest BCUT2D eigenvalue weighted by Crippen LogP contribution is -2.12. The van der Waals surface area contributed by atoms with Crippen molar-refractivity contribution in [2.24, 2.45) is 11.1 Å². The topological polar surface area (TPSA) is 26.0 Å². The van der Waals surface area contributed by atoms with Crippen molar-refractivity contribution in [3.05, 3.63) is 31.2 Å². The molecule has 1 nitrogen and oxygen atoms in total. The molecule has 0 saturated heterocycles. The molecule has 0 aliphatic carbocycles. The van der Waals surface area contributed by atoms with Gasteiger partial charge in [0, 0.05) is 12.1 Å². The molecule has 2 N–H and O–H groups in total. The van der Waals surface area contributed by atoms with E-state index >= 15 is 0 Å². The van der Waals surface area contributed by atoms with E-state index in [2.05, 4.69) is 20.8 Å². The van der Waals surface area contributed by atoms with E-state index in [0.717, 1.165) is 5.56 Å². The average Bonchev–Trinajstić information content (AvgIpc) is 2.21. The minimum absolute atomic E-state index is 0.0519. The van der Waals surface area contributed by atoms with Gasteiger partial charge in [0.1, 0.15) is 0 Å². The third-order valence-electron chi connectivity index (χ3n) is 2.36. The first-order valence-corrected chi connectivity index (χ1v) is 6.74. The Balaban J connectivity index is 3.45. The van der Waals surface area contributed by atoms with Gasteiger partial charge < -0.3 is 5.73 Å². The van der Waals surface area contributed by atoms with E-state index in [1.807, 2.05) is 0 Å². The minimum atomic E-state index is 0.0519. The molecule has 0 amide bonds. The fraction of sp³-hybridized carbons (Fsp3) is 0.500. The highest BCUT2D eigenvalue weighted by molar-refractivity contribution is 6.50. The molecule has 0 fully saturated rings. The molecule has 5 heteroatoms. The van der Waals surface area contributed by atoms with Gasteiger partial charge in [-0.2, -0.15) is 0 Å².